The van der Waals surface area contributed by atoms with Crippen LogP contribution >= 0.6 is 11.6 Å². The van der Waals surface area contributed by atoms with Crippen LogP contribution in [0.1, 0.15) is 34.2 Å². The van der Waals surface area contributed by atoms with Crippen LogP contribution in [0.25, 0.3) is 5.70 Å². The van der Waals surface area contributed by atoms with Crippen molar-refractivity contribution < 1.29 is 22.4 Å². The van der Waals surface area contributed by atoms with Gasteiger partial charge in [0.05, 0.1) is 10.7 Å². The number of benzene rings is 2. The number of alkyl halides is 3. The Hall–Kier alpha value is -3.06. The lowest BCUT2D eigenvalue weighted by Gasteiger charge is -2.30. The first-order valence-electron chi connectivity index (χ1n) is 9.57. The monoisotopic (exact) mass is 464 g/mol. The molecule has 1 aliphatic heterocycles. The Kier molecular flexibility index (Phi) is 6.24. The molecule has 8 heteroatoms. The van der Waals surface area contributed by atoms with Crippen molar-refractivity contribution >= 4 is 23.0 Å². The highest BCUT2D eigenvalue weighted by Crippen LogP contribution is 2.49. The van der Waals surface area contributed by atoms with E-state index < -0.39 is 29.0 Å². The van der Waals surface area contributed by atoms with Crippen LogP contribution in [0.15, 0.2) is 67.6 Å². The summed E-state index contributed by atoms with van der Waals surface area (Å²) in [4.78, 5) is 6.66. The number of rotatable bonds is 6. The fourth-order valence-corrected chi connectivity index (χ4v) is 3.89. The molecule has 1 heterocycles. The molecule has 0 fully saturated rings. The smallest absolute Gasteiger partial charge is 0.374 e. The van der Waals surface area contributed by atoms with Crippen LogP contribution < -0.4 is 0 Å². The van der Waals surface area contributed by atoms with E-state index in [-0.39, 0.29) is 16.8 Å². The van der Waals surface area contributed by atoms with Gasteiger partial charge in [-0.2, -0.15) is 13.2 Å². The summed E-state index contributed by atoms with van der Waals surface area (Å²) in [6, 6.07) is 7.12. The highest BCUT2D eigenvalue weighted by Gasteiger charge is 2.62. The van der Waals surface area contributed by atoms with Crippen molar-refractivity contribution in [2.45, 2.75) is 32.0 Å². The van der Waals surface area contributed by atoms with Crippen molar-refractivity contribution in [1.29, 1.82) is 0 Å². The molecule has 168 valence electrons. The maximum Gasteiger partial charge on any atom is 0.435 e. The third kappa shape index (κ3) is 3.93. The van der Waals surface area contributed by atoms with Gasteiger partial charge in [0.15, 0.2) is 0 Å². The maximum absolute atomic E-state index is 14.2. The first-order chi connectivity index (χ1) is 14.9. The molecule has 0 saturated carbocycles. The van der Waals surface area contributed by atoms with Crippen LogP contribution in [-0.2, 0) is 10.4 Å². The number of nitrogens with zero attached hydrogens (tertiary/aromatic N) is 2. The van der Waals surface area contributed by atoms with E-state index in [9.17, 15) is 17.6 Å². The Morgan fingerprint density at radius 3 is 2.34 bits per heavy atom. The van der Waals surface area contributed by atoms with Crippen LogP contribution in [0.4, 0.5) is 17.6 Å². The second-order valence-corrected chi connectivity index (χ2v) is 7.88. The van der Waals surface area contributed by atoms with Gasteiger partial charge in [-0.05, 0) is 48.7 Å². The van der Waals surface area contributed by atoms with E-state index in [0.717, 1.165) is 23.3 Å². The molecule has 1 unspecified atom stereocenters. The normalized spacial score (nSPS) is 18.0. The van der Waals surface area contributed by atoms with Crippen molar-refractivity contribution in [3.8, 4) is 0 Å². The molecule has 1 atom stereocenters. The molecule has 1 aliphatic rings. The van der Waals surface area contributed by atoms with Crippen molar-refractivity contribution in [3.63, 3.8) is 0 Å². The summed E-state index contributed by atoms with van der Waals surface area (Å²) in [5.74, 6) is -0.772. The second-order valence-electron chi connectivity index (χ2n) is 7.47. The second kappa shape index (κ2) is 8.47. The molecule has 2 aromatic rings. The van der Waals surface area contributed by atoms with Gasteiger partial charge in [0.2, 0.25) is 0 Å². The first kappa shape index (κ1) is 23.6. The average molecular weight is 465 g/mol. The lowest BCUT2D eigenvalue weighted by atomic mass is 9.85. The summed E-state index contributed by atoms with van der Waals surface area (Å²) in [5.41, 5.74) is -0.329. The standard InChI is InChI=1S/C24H21ClF4N2O/c1-6-31(7-2)16(5)19-9-8-17(10-14(19)3)21-13-23(32-30-21,24(27,28)29)18-11-15(4)22(26)20(25)12-18/h6-12H,1-2,5,13H2,3-4H3. The highest BCUT2D eigenvalue weighted by molar-refractivity contribution is 6.30. The molecule has 2 aromatic carbocycles. The van der Waals surface area contributed by atoms with E-state index in [1.165, 1.54) is 6.92 Å². The fourth-order valence-electron chi connectivity index (χ4n) is 3.62. The minimum Gasteiger partial charge on any atom is -0.374 e. The number of halogens is 5. The molecular weight excluding hydrogens is 444 g/mol. The zero-order chi connectivity index (χ0) is 23.8. The van der Waals surface area contributed by atoms with Crippen molar-refractivity contribution in [3.05, 3.63) is 101 Å². The molecule has 0 aliphatic carbocycles. The van der Waals surface area contributed by atoms with Crippen molar-refractivity contribution in [1.82, 2.24) is 4.90 Å². The molecule has 0 bridgehead atoms. The van der Waals surface area contributed by atoms with Gasteiger partial charge < -0.3 is 9.74 Å². The molecule has 0 saturated heterocycles. The van der Waals surface area contributed by atoms with Gasteiger partial charge in [-0.25, -0.2) is 4.39 Å². The van der Waals surface area contributed by atoms with E-state index in [1.54, 1.807) is 35.5 Å². The molecule has 0 radical (unpaired) electrons. The summed E-state index contributed by atoms with van der Waals surface area (Å²) in [6.45, 7) is 14.5. The minimum absolute atomic E-state index is 0.0131. The van der Waals surface area contributed by atoms with Crippen molar-refractivity contribution in [2.75, 3.05) is 0 Å². The SMILES string of the molecule is C=CN(C=C)C(=C)c1ccc(C2=NOC(c3cc(C)c(F)c(Cl)c3)(C(F)(F)F)C2)cc1C. The number of oxime groups is 1. The number of hydrogen-bond acceptors (Lipinski definition) is 3. The van der Waals surface area contributed by atoms with Gasteiger partial charge in [-0.1, -0.05) is 48.6 Å². The minimum atomic E-state index is -4.82. The van der Waals surface area contributed by atoms with Gasteiger partial charge in [-0.3, -0.25) is 0 Å². The van der Waals surface area contributed by atoms with Crippen LogP contribution in [0.5, 0.6) is 0 Å². The van der Waals surface area contributed by atoms with Gasteiger partial charge in [0.25, 0.3) is 5.60 Å². The number of hydrogen-bond donors (Lipinski definition) is 0. The van der Waals surface area contributed by atoms with E-state index in [2.05, 4.69) is 24.9 Å². The molecule has 0 spiro atoms. The molecule has 32 heavy (non-hydrogen) atoms. The Morgan fingerprint density at radius 2 is 1.81 bits per heavy atom. The van der Waals surface area contributed by atoms with Crippen molar-refractivity contribution in [2.24, 2.45) is 5.16 Å². The van der Waals surface area contributed by atoms with Crippen LogP contribution in [-0.4, -0.2) is 16.8 Å². The summed E-state index contributed by atoms with van der Waals surface area (Å²) in [7, 11) is 0. The topological polar surface area (TPSA) is 24.8 Å². The summed E-state index contributed by atoms with van der Waals surface area (Å²) in [6.07, 6.45) is -2.30. The Bertz CT molecular complexity index is 1110. The Labute approximate surface area is 188 Å². The third-order valence-electron chi connectivity index (χ3n) is 5.44. The zero-order valence-corrected chi connectivity index (χ0v) is 18.3. The fraction of sp³-hybridized carbons (Fsp3) is 0.208. The van der Waals surface area contributed by atoms with Crippen LogP contribution in [0, 0.1) is 19.7 Å². The van der Waals surface area contributed by atoms with Crippen LogP contribution in [0.3, 0.4) is 0 Å². The summed E-state index contributed by atoms with van der Waals surface area (Å²) in [5, 5.41) is 3.35. The lowest BCUT2D eigenvalue weighted by Crippen LogP contribution is -2.42. The largest absolute Gasteiger partial charge is 0.435 e. The molecule has 0 amide bonds. The maximum atomic E-state index is 14.2. The summed E-state index contributed by atoms with van der Waals surface area (Å²) < 4.78 is 56.5. The predicted molar refractivity (Wildman–Crippen MR) is 119 cm³/mol. The molecular formula is C24H21ClF4N2O. The average Bonchev–Trinajstić information content (AvgIpc) is 3.19. The van der Waals surface area contributed by atoms with E-state index >= 15 is 0 Å². The van der Waals surface area contributed by atoms with E-state index in [1.807, 2.05) is 6.92 Å². The predicted octanol–water partition coefficient (Wildman–Crippen LogP) is 7.24. The summed E-state index contributed by atoms with van der Waals surface area (Å²) >= 11 is 5.82. The van der Waals surface area contributed by atoms with E-state index in [4.69, 9.17) is 16.4 Å². The number of aryl methyl sites for hydroxylation is 2. The van der Waals surface area contributed by atoms with Gasteiger partial charge in [-0.15, -0.1) is 0 Å². The Morgan fingerprint density at radius 1 is 1.16 bits per heavy atom. The lowest BCUT2D eigenvalue weighted by molar-refractivity contribution is -0.275. The Balaban J connectivity index is 1.99. The van der Waals surface area contributed by atoms with Gasteiger partial charge in [0.1, 0.15) is 5.82 Å². The third-order valence-corrected chi connectivity index (χ3v) is 5.71. The molecule has 0 aromatic heterocycles. The zero-order valence-electron chi connectivity index (χ0n) is 17.6. The highest BCUT2D eigenvalue weighted by atomic mass is 35.5. The van der Waals surface area contributed by atoms with Gasteiger partial charge >= 0.3 is 6.18 Å². The first-order valence-corrected chi connectivity index (χ1v) is 9.94. The quantitative estimate of drug-likeness (QED) is 0.421. The molecule has 3 nitrogen and oxygen atoms in total. The van der Waals surface area contributed by atoms with E-state index in [0.29, 0.717) is 11.3 Å². The van der Waals surface area contributed by atoms with Gasteiger partial charge in [0, 0.05) is 35.6 Å². The van der Waals surface area contributed by atoms with Crippen LogP contribution in [0.2, 0.25) is 5.02 Å². The molecule has 0 N–H and O–H groups in total. The molecule has 3 rings (SSSR count).